The maximum atomic E-state index is 12.1. The van der Waals surface area contributed by atoms with Crippen LogP contribution in [-0.2, 0) is 4.79 Å². The van der Waals surface area contributed by atoms with Crippen molar-refractivity contribution in [3.63, 3.8) is 0 Å². The fourth-order valence-corrected chi connectivity index (χ4v) is 2.66. The molecule has 1 heterocycles. The summed E-state index contributed by atoms with van der Waals surface area (Å²) in [6.07, 6.45) is 0. The van der Waals surface area contributed by atoms with Crippen LogP contribution in [0.2, 0.25) is 0 Å². The first kappa shape index (κ1) is 17.9. The van der Waals surface area contributed by atoms with Crippen LogP contribution in [-0.4, -0.2) is 30.9 Å². The maximum Gasteiger partial charge on any atom is 0.259 e. The first-order valence-corrected chi connectivity index (χ1v) is 8.59. The summed E-state index contributed by atoms with van der Waals surface area (Å²) in [7, 11) is 0. The minimum Gasteiger partial charge on any atom is -0.454 e. The third kappa shape index (κ3) is 4.40. The molecule has 0 fully saturated rings. The quantitative estimate of drug-likeness (QED) is 0.577. The largest absolute Gasteiger partial charge is 0.454 e. The van der Waals surface area contributed by atoms with E-state index in [0.29, 0.717) is 22.8 Å². The van der Waals surface area contributed by atoms with Gasteiger partial charge in [0.15, 0.2) is 11.5 Å². The first-order chi connectivity index (χ1) is 12.5. The molecule has 0 aliphatic carbocycles. The van der Waals surface area contributed by atoms with E-state index < -0.39 is 5.91 Å². The van der Waals surface area contributed by atoms with Crippen molar-refractivity contribution < 1.29 is 19.1 Å². The molecule has 1 aliphatic rings. The average Bonchev–Trinajstić information content (AvgIpc) is 3.11. The van der Waals surface area contributed by atoms with E-state index in [9.17, 15) is 9.59 Å². The van der Waals surface area contributed by atoms with Gasteiger partial charge in [-0.25, -0.2) is 5.43 Å². The second-order valence-electron chi connectivity index (χ2n) is 5.49. The van der Waals surface area contributed by atoms with Gasteiger partial charge in [-0.2, -0.15) is 5.10 Å². The van der Waals surface area contributed by atoms with Crippen LogP contribution < -0.4 is 20.2 Å². The van der Waals surface area contributed by atoms with E-state index in [2.05, 4.69) is 31.8 Å². The Kier molecular flexibility index (Phi) is 5.52. The highest BCUT2D eigenvalue weighted by atomic mass is 79.9. The van der Waals surface area contributed by atoms with Crippen molar-refractivity contribution in [1.29, 1.82) is 0 Å². The van der Waals surface area contributed by atoms with Gasteiger partial charge in [0.05, 0.1) is 12.3 Å². The molecule has 2 aromatic carbocycles. The number of amides is 2. The van der Waals surface area contributed by atoms with E-state index in [4.69, 9.17) is 9.47 Å². The van der Waals surface area contributed by atoms with Crippen molar-refractivity contribution >= 4 is 33.5 Å². The summed E-state index contributed by atoms with van der Waals surface area (Å²) in [6, 6.07) is 12.4. The number of carbonyl (C=O) groups is 2. The summed E-state index contributed by atoms with van der Waals surface area (Å²) in [5.41, 5.74) is 4.34. The summed E-state index contributed by atoms with van der Waals surface area (Å²) in [5, 5.41) is 6.58. The maximum absolute atomic E-state index is 12.1. The molecule has 7 nitrogen and oxygen atoms in total. The van der Waals surface area contributed by atoms with Gasteiger partial charge in [-0.3, -0.25) is 9.59 Å². The second kappa shape index (κ2) is 8.01. The number of ether oxygens (including phenoxy) is 2. The zero-order valence-corrected chi connectivity index (χ0v) is 15.5. The third-order valence-electron chi connectivity index (χ3n) is 3.63. The normalized spacial score (nSPS) is 12.6. The van der Waals surface area contributed by atoms with Crippen molar-refractivity contribution in [1.82, 2.24) is 10.7 Å². The van der Waals surface area contributed by atoms with Gasteiger partial charge < -0.3 is 14.8 Å². The van der Waals surface area contributed by atoms with E-state index in [1.54, 1.807) is 25.1 Å². The lowest BCUT2D eigenvalue weighted by Crippen LogP contribution is -2.35. The standard InChI is InChI=1S/C18H16BrN3O4/c1-11(12-3-2-4-14(19)7-12)21-22-17(23)9-20-18(24)13-5-6-15-16(8-13)26-10-25-15/h2-8H,9-10H2,1H3,(H,20,24)(H,22,23). The van der Waals surface area contributed by atoms with Gasteiger partial charge in [0.1, 0.15) is 0 Å². The van der Waals surface area contributed by atoms with Crippen molar-refractivity contribution in [2.45, 2.75) is 6.92 Å². The van der Waals surface area contributed by atoms with Gasteiger partial charge in [-0.1, -0.05) is 28.1 Å². The Morgan fingerprint density at radius 3 is 2.73 bits per heavy atom. The summed E-state index contributed by atoms with van der Waals surface area (Å²) in [4.78, 5) is 24.0. The van der Waals surface area contributed by atoms with Crippen LogP contribution >= 0.6 is 15.9 Å². The number of halogens is 1. The molecule has 2 amide bonds. The Balaban J connectivity index is 1.52. The summed E-state index contributed by atoms with van der Waals surface area (Å²) in [6.45, 7) is 1.73. The zero-order chi connectivity index (χ0) is 18.5. The molecule has 2 N–H and O–H groups in total. The van der Waals surface area contributed by atoms with Crippen molar-refractivity contribution in [2.75, 3.05) is 13.3 Å². The lowest BCUT2D eigenvalue weighted by molar-refractivity contribution is -0.120. The van der Waals surface area contributed by atoms with Crippen LogP contribution in [0.5, 0.6) is 11.5 Å². The number of hydrogen-bond donors (Lipinski definition) is 2. The molecule has 1 aliphatic heterocycles. The topological polar surface area (TPSA) is 89.0 Å². The Morgan fingerprint density at radius 2 is 1.92 bits per heavy atom. The molecule has 26 heavy (non-hydrogen) atoms. The van der Waals surface area contributed by atoms with Crippen molar-refractivity contribution in [2.24, 2.45) is 5.10 Å². The number of carbonyl (C=O) groups excluding carboxylic acids is 2. The molecule has 0 aromatic heterocycles. The minimum atomic E-state index is -0.423. The van der Waals surface area contributed by atoms with E-state index in [-0.39, 0.29) is 19.2 Å². The molecule has 0 spiro atoms. The molecule has 0 atom stereocenters. The highest BCUT2D eigenvalue weighted by Gasteiger charge is 2.16. The van der Waals surface area contributed by atoms with E-state index in [0.717, 1.165) is 10.0 Å². The van der Waals surface area contributed by atoms with Crippen LogP contribution in [0.25, 0.3) is 0 Å². The summed E-state index contributed by atoms with van der Waals surface area (Å²) in [5.74, 6) is 0.299. The zero-order valence-electron chi connectivity index (χ0n) is 13.9. The molecule has 0 bridgehead atoms. The highest BCUT2D eigenvalue weighted by molar-refractivity contribution is 9.10. The second-order valence-corrected chi connectivity index (χ2v) is 6.41. The third-order valence-corrected chi connectivity index (χ3v) is 4.13. The van der Waals surface area contributed by atoms with Gasteiger partial charge in [0, 0.05) is 10.0 Å². The fourth-order valence-electron chi connectivity index (χ4n) is 2.26. The minimum absolute atomic E-state index is 0.137. The Bertz CT molecular complexity index is 882. The van der Waals surface area contributed by atoms with E-state index in [1.807, 2.05) is 24.3 Å². The number of nitrogens with one attached hydrogen (secondary N) is 2. The molecule has 0 saturated carbocycles. The monoisotopic (exact) mass is 417 g/mol. The first-order valence-electron chi connectivity index (χ1n) is 7.80. The molecule has 0 radical (unpaired) electrons. The van der Waals surface area contributed by atoms with Crippen LogP contribution in [0.4, 0.5) is 0 Å². The number of rotatable bonds is 5. The summed E-state index contributed by atoms with van der Waals surface area (Å²) < 4.78 is 11.3. The number of fused-ring (bicyclic) bond motifs is 1. The fraction of sp³-hybridized carbons (Fsp3) is 0.167. The molecular weight excluding hydrogens is 402 g/mol. The van der Waals surface area contributed by atoms with Gasteiger partial charge in [0.25, 0.3) is 11.8 Å². The lowest BCUT2D eigenvalue weighted by atomic mass is 10.1. The lowest BCUT2D eigenvalue weighted by Gasteiger charge is -2.06. The van der Waals surface area contributed by atoms with E-state index >= 15 is 0 Å². The highest BCUT2D eigenvalue weighted by Crippen LogP contribution is 2.32. The van der Waals surface area contributed by atoms with Gasteiger partial charge >= 0.3 is 0 Å². The Hall–Kier alpha value is -2.87. The van der Waals surface area contributed by atoms with Crippen LogP contribution in [0.3, 0.4) is 0 Å². The van der Waals surface area contributed by atoms with Crippen LogP contribution in [0.15, 0.2) is 52.0 Å². The number of hydrogen-bond acceptors (Lipinski definition) is 5. The molecule has 0 saturated heterocycles. The smallest absolute Gasteiger partial charge is 0.259 e. The van der Waals surface area contributed by atoms with Crippen LogP contribution in [0.1, 0.15) is 22.8 Å². The average molecular weight is 418 g/mol. The molecule has 134 valence electrons. The Labute approximate surface area is 158 Å². The summed E-state index contributed by atoms with van der Waals surface area (Å²) >= 11 is 3.39. The molecular formula is C18H16BrN3O4. The predicted molar refractivity (Wildman–Crippen MR) is 99.4 cm³/mol. The Morgan fingerprint density at radius 1 is 1.12 bits per heavy atom. The molecule has 8 heteroatoms. The number of nitrogens with zero attached hydrogens (tertiary/aromatic N) is 1. The van der Waals surface area contributed by atoms with Crippen molar-refractivity contribution in [3.05, 3.63) is 58.1 Å². The molecule has 2 aromatic rings. The van der Waals surface area contributed by atoms with Crippen molar-refractivity contribution in [3.8, 4) is 11.5 Å². The predicted octanol–water partition coefficient (Wildman–Crippen LogP) is 2.45. The molecule has 0 unspecified atom stereocenters. The van der Waals surface area contributed by atoms with Crippen LogP contribution in [0, 0.1) is 0 Å². The molecule has 3 rings (SSSR count). The SMILES string of the molecule is CC(=NNC(=O)CNC(=O)c1ccc2c(c1)OCO2)c1cccc(Br)c1. The number of benzene rings is 2. The number of hydrazone groups is 1. The van der Waals surface area contributed by atoms with Gasteiger partial charge in [0.2, 0.25) is 6.79 Å². The van der Waals surface area contributed by atoms with Gasteiger partial charge in [-0.05, 0) is 42.8 Å². The van der Waals surface area contributed by atoms with E-state index in [1.165, 1.54) is 0 Å². The van der Waals surface area contributed by atoms with Gasteiger partial charge in [-0.15, -0.1) is 0 Å².